The van der Waals surface area contributed by atoms with Crippen molar-refractivity contribution < 1.29 is 17.9 Å². The molecule has 0 saturated carbocycles. The molecule has 19 heavy (non-hydrogen) atoms. The summed E-state index contributed by atoms with van der Waals surface area (Å²) >= 11 is 0. The second-order valence-electron chi connectivity index (χ2n) is 4.48. The highest BCUT2D eigenvalue weighted by Gasteiger charge is 2.31. The van der Waals surface area contributed by atoms with Gasteiger partial charge in [-0.25, -0.2) is 0 Å². The van der Waals surface area contributed by atoms with E-state index in [4.69, 9.17) is 0 Å². The minimum Gasteiger partial charge on any atom is -0.406 e. The Hall–Kier alpha value is -1.23. The molecular weight excluding hydrogens is 255 g/mol. The molecule has 0 fully saturated rings. The summed E-state index contributed by atoms with van der Waals surface area (Å²) < 4.78 is 40.0. The molecule has 1 N–H and O–H groups in total. The van der Waals surface area contributed by atoms with Gasteiger partial charge in [-0.15, -0.1) is 13.2 Å². The Balaban J connectivity index is 2.74. The maximum atomic E-state index is 12.1. The summed E-state index contributed by atoms with van der Waals surface area (Å²) in [7, 11) is 0. The van der Waals surface area contributed by atoms with Crippen molar-refractivity contribution in [1.82, 2.24) is 5.32 Å². The normalized spacial score (nSPS) is 15.1. The molecular formula is C14H20F3NO. The summed E-state index contributed by atoms with van der Waals surface area (Å²) in [5, 5.41) is 3.37. The Labute approximate surface area is 112 Å². The molecule has 2 atom stereocenters. The van der Waals surface area contributed by atoms with Gasteiger partial charge in [-0.1, -0.05) is 32.9 Å². The molecule has 0 saturated heterocycles. The van der Waals surface area contributed by atoms with E-state index in [1.54, 1.807) is 12.1 Å². The molecule has 2 nitrogen and oxygen atoms in total. The summed E-state index contributed by atoms with van der Waals surface area (Å²) in [4.78, 5) is 0. The number of benzene rings is 1. The van der Waals surface area contributed by atoms with Crippen LogP contribution in [0.3, 0.4) is 0 Å². The first-order valence-electron chi connectivity index (χ1n) is 6.46. The van der Waals surface area contributed by atoms with E-state index in [0.29, 0.717) is 6.04 Å². The second kappa shape index (κ2) is 6.80. The zero-order valence-corrected chi connectivity index (χ0v) is 11.4. The van der Waals surface area contributed by atoms with Crippen LogP contribution in [0.5, 0.6) is 5.75 Å². The topological polar surface area (TPSA) is 21.3 Å². The standard InChI is InChI=1S/C14H20F3NO/c1-4-13(18-5-2)10(3)11-6-8-12(9-7-11)19-14(15,16)17/h6-10,13,18H,4-5H2,1-3H3. The van der Waals surface area contributed by atoms with Crippen molar-refractivity contribution in [2.24, 2.45) is 0 Å². The van der Waals surface area contributed by atoms with Crippen LogP contribution in [0.25, 0.3) is 0 Å². The highest BCUT2D eigenvalue weighted by Crippen LogP contribution is 2.26. The van der Waals surface area contributed by atoms with Gasteiger partial charge in [0.25, 0.3) is 0 Å². The summed E-state index contributed by atoms with van der Waals surface area (Å²) in [5.74, 6) is 0.0600. The quantitative estimate of drug-likeness (QED) is 0.844. The number of halogens is 3. The molecule has 1 rings (SSSR count). The first-order chi connectivity index (χ1) is 8.87. The highest BCUT2D eigenvalue weighted by atomic mass is 19.4. The summed E-state index contributed by atoms with van der Waals surface area (Å²) in [5.41, 5.74) is 1.00. The molecule has 5 heteroatoms. The molecule has 0 aliphatic carbocycles. The third kappa shape index (κ3) is 5.11. The van der Waals surface area contributed by atoms with E-state index in [0.717, 1.165) is 18.5 Å². The number of nitrogens with one attached hydrogen (secondary N) is 1. The molecule has 0 aliphatic heterocycles. The lowest BCUT2D eigenvalue weighted by atomic mass is 9.91. The van der Waals surface area contributed by atoms with Crippen LogP contribution < -0.4 is 10.1 Å². The lowest BCUT2D eigenvalue weighted by Gasteiger charge is -2.24. The molecule has 1 aromatic carbocycles. The van der Waals surface area contributed by atoms with Crippen LogP contribution in [0, 0.1) is 0 Å². The third-order valence-electron chi connectivity index (χ3n) is 3.15. The van der Waals surface area contributed by atoms with Crippen molar-refractivity contribution in [3.8, 4) is 5.75 Å². The monoisotopic (exact) mass is 275 g/mol. The van der Waals surface area contributed by atoms with Crippen molar-refractivity contribution in [2.75, 3.05) is 6.54 Å². The predicted octanol–water partition coefficient (Wildman–Crippen LogP) is 4.08. The van der Waals surface area contributed by atoms with Crippen molar-refractivity contribution in [1.29, 1.82) is 0 Å². The average Bonchev–Trinajstić information content (AvgIpc) is 2.34. The van der Waals surface area contributed by atoms with Crippen molar-refractivity contribution >= 4 is 0 Å². The molecule has 0 bridgehead atoms. The van der Waals surface area contributed by atoms with Crippen molar-refractivity contribution in [3.63, 3.8) is 0 Å². The SMILES string of the molecule is CCNC(CC)C(C)c1ccc(OC(F)(F)F)cc1. The second-order valence-corrected chi connectivity index (χ2v) is 4.48. The van der Waals surface area contributed by atoms with E-state index >= 15 is 0 Å². The van der Waals surface area contributed by atoms with Crippen LogP contribution in [0.4, 0.5) is 13.2 Å². The number of ether oxygens (including phenoxy) is 1. The predicted molar refractivity (Wildman–Crippen MR) is 69.3 cm³/mol. The van der Waals surface area contributed by atoms with E-state index in [1.165, 1.54) is 12.1 Å². The van der Waals surface area contributed by atoms with E-state index < -0.39 is 6.36 Å². The minimum absolute atomic E-state index is 0.181. The van der Waals surface area contributed by atoms with Gasteiger partial charge in [0.15, 0.2) is 0 Å². The van der Waals surface area contributed by atoms with E-state index in [9.17, 15) is 13.2 Å². The summed E-state index contributed by atoms with van der Waals surface area (Å²) in [6, 6.07) is 6.41. The first-order valence-corrected chi connectivity index (χ1v) is 6.46. The van der Waals surface area contributed by atoms with Crippen LogP contribution in [-0.2, 0) is 0 Å². The average molecular weight is 275 g/mol. The van der Waals surface area contributed by atoms with Gasteiger partial charge in [0.1, 0.15) is 5.75 Å². The molecule has 0 heterocycles. The third-order valence-corrected chi connectivity index (χ3v) is 3.15. The van der Waals surface area contributed by atoms with Crippen LogP contribution in [0.2, 0.25) is 0 Å². The molecule has 0 spiro atoms. The van der Waals surface area contributed by atoms with Crippen molar-refractivity contribution in [2.45, 2.75) is 45.5 Å². The van der Waals surface area contributed by atoms with Gasteiger partial charge >= 0.3 is 6.36 Å². The Bertz CT molecular complexity index is 375. The number of alkyl halides is 3. The van der Waals surface area contributed by atoms with Gasteiger partial charge in [0.05, 0.1) is 0 Å². The van der Waals surface area contributed by atoms with Gasteiger partial charge in [-0.2, -0.15) is 0 Å². The molecule has 0 aromatic heterocycles. The smallest absolute Gasteiger partial charge is 0.406 e. The Morgan fingerprint density at radius 3 is 2.16 bits per heavy atom. The van der Waals surface area contributed by atoms with Crippen LogP contribution in [0.1, 0.15) is 38.7 Å². The maximum Gasteiger partial charge on any atom is 0.573 e. The number of rotatable bonds is 6. The summed E-state index contributed by atoms with van der Waals surface area (Å²) in [6.07, 6.45) is -3.67. The van der Waals surface area contributed by atoms with Crippen LogP contribution in [-0.4, -0.2) is 18.9 Å². The van der Waals surface area contributed by atoms with Gasteiger partial charge in [-0.05, 0) is 36.6 Å². The first kappa shape index (κ1) is 15.8. The zero-order chi connectivity index (χ0) is 14.5. The summed E-state index contributed by atoms with van der Waals surface area (Å²) in [6.45, 7) is 7.06. The molecule has 0 radical (unpaired) electrons. The van der Waals surface area contributed by atoms with Crippen molar-refractivity contribution in [3.05, 3.63) is 29.8 Å². The minimum atomic E-state index is -4.64. The number of likely N-dealkylation sites (N-methyl/N-ethyl adjacent to an activating group) is 1. The van der Waals surface area contributed by atoms with E-state index in [-0.39, 0.29) is 11.7 Å². The lowest BCUT2D eigenvalue weighted by Crippen LogP contribution is -2.32. The molecule has 0 amide bonds. The Morgan fingerprint density at radius 1 is 1.16 bits per heavy atom. The van der Waals surface area contributed by atoms with Gasteiger partial charge < -0.3 is 10.1 Å². The highest BCUT2D eigenvalue weighted by molar-refractivity contribution is 5.30. The van der Waals surface area contributed by atoms with Gasteiger partial charge in [0, 0.05) is 6.04 Å². The Kier molecular flexibility index (Phi) is 5.66. The molecule has 108 valence electrons. The van der Waals surface area contributed by atoms with Gasteiger partial charge in [-0.3, -0.25) is 0 Å². The molecule has 0 aliphatic rings. The largest absolute Gasteiger partial charge is 0.573 e. The number of hydrogen-bond donors (Lipinski definition) is 1. The fourth-order valence-electron chi connectivity index (χ4n) is 2.14. The van der Waals surface area contributed by atoms with E-state index in [1.807, 2.05) is 6.92 Å². The number of hydrogen-bond acceptors (Lipinski definition) is 2. The molecule has 2 unspecified atom stereocenters. The van der Waals surface area contributed by atoms with E-state index in [2.05, 4.69) is 23.9 Å². The molecule has 1 aromatic rings. The Morgan fingerprint density at radius 2 is 1.74 bits per heavy atom. The van der Waals surface area contributed by atoms with Crippen LogP contribution >= 0.6 is 0 Å². The van der Waals surface area contributed by atoms with Crippen LogP contribution in [0.15, 0.2) is 24.3 Å². The lowest BCUT2D eigenvalue weighted by molar-refractivity contribution is -0.274. The van der Waals surface area contributed by atoms with Gasteiger partial charge in [0.2, 0.25) is 0 Å². The maximum absolute atomic E-state index is 12.1. The fraction of sp³-hybridized carbons (Fsp3) is 0.571. The fourth-order valence-corrected chi connectivity index (χ4v) is 2.14. The zero-order valence-electron chi connectivity index (χ0n) is 11.4.